The number of halogens is 2. The summed E-state index contributed by atoms with van der Waals surface area (Å²) >= 11 is 5.99. The minimum atomic E-state index is -0.863. The monoisotopic (exact) mass is 255 g/mol. The second-order valence-corrected chi connectivity index (χ2v) is 4.44. The molecule has 1 aliphatic rings. The van der Waals surface area contributed by atoms with Gasteiger partial charge in [0.25, 0.3) is 0 Å². The van der Waals surface area contributed by atoms with E-state index in [0.717, 1.165) is 10.5 Å². The summed E-state index contributed by atoms with van der Waals surface area (Å²) in [5.41, 5.74) is 1.10. The molecule has 0 aliphatic carbocycles. The lowest BCUT2D eigenvalue weighted by atomic mass is 10.1. The summed E-state index contributed by atoms with van der Waals surface area (Å²) in [6, 6.07) is 5.09. The summed E-state index contributed by atoms with van der Waals surface area (Å²) in [6.07, 6.45) is -0.0833. The molecule has 0 spiro atoms. The van der Waals surface area contributed by atoms with Gasteiger partial charge in [0.05, 0.1) is 16.6 Å². The molecule has 1 heterocycles. The van der Waals surface area contributed by atoms with E-state index in [9.17, 15) is 14.0 Å². The zero-order valence-corrected chi connectivity index (χ0v) is 10.00. The lowest BCUT2D eigenvalue weighted by molar-refractivity contribution is -0.122. The molecule has 0 radical (unpaired) electrons. The molecule has 2 amide bonds. The average Bonchev–Trinajstić information content (AvgIpc) is 2.56. The first-order chi connectivity index (χ1) is 8.06. The van der Waals surface area contributed by atoms with Gasteiger partial charge in [-0.05, 0) is 18.6 Å². The molecule has 1 atom stereocenters. The third-order valence-corrected chi connectivity index (χ3v) is 3.14. The molecule has 1 fully saturated rings. The molecule has 0 N–H and O–H groups in total. The van der Waals surface area contributed by atoms with E-state index >= 15 is 0 Å². The van der Waals surface area contributed by atoms with Gasteiger partial charge >= 0.3 is 0 Å². The number of alkyl halides is 1. The largest absolute Gasteiger partial charge is 0.274 e. The highest BCUT2D eigenvalue weighted by Crippen LogP contribution is 2.34. The highest BCUT2D eigenvalue weighted by Gasteiger charge is 2.40. The third-order valence-electron chi connectivity index (χ3n) is 2.84. The zero-order valence-electron chi connectivity index (χ0n) is 9.24. The number of anilines is 1. The van der Waals surface area contributed by atoms with Crippen LogP contribution in [0.15, 0.2) is 18.2 Å². The van der Waals surface area contributed by atoms with Crippen molar-refractivity contribution in [2.45, 2.75) is 13.3 Å². The van der Waals surface area contributed by atoms with Crippen molar-refractivity contribution < 1.29 is 14.0 Å². The smallest absolute Gasteiger partial charge is 0.240 e. The number of hydrogen-bond donors (Lipinski definition) is 0. The Bertz CT molecular complexity index is 469. The number of carbonyl (C=O) groups is 2. The fraction of sp³-hybridized carbons (Fsp3) is 0.333. The highest BCUT2D eigenvalue weighted by molar-refractivity contribution is 6.36. The SMILES string of the molecule is Cc1cccc(Cl)c1N1C(=O)CC(CF)C1=O. The van der Waals surface area contributed by atoms with Crippen LogP contribution in [-0.2, 0) is 9.59 Å². The molecule has 1 aromatic rings. The van der Waals surface area contributed by atoms with E-state index < -0.39 is 24.4 Å². The first-order valence-electron chi connectivity index (χ1n) is 5.24. The van der Waals surface area contributed by atoms with Crippen LogP contribution in [0.2, 0.25) is 5.02 Å². The van der Waals surface area contributed by atoms with E-state index in [4.69, 9.17) is 11.6 Å². The van der Waals surface area contributed by atoms with Crippen molar-refractivity contribution in [2.24, 2.45) is 5.92 Å². The Hall–Kier alpha value is -1.42. The number of para-hydroxylation sites is 1. The first-order valence-corrected chi connectivity index (χ1v) is 5.62. The molecule has 2 rings (SSSR count). The van der Waals surface area contributed by atoms with Crippen LogP contribution in [0, 0.1) is 12.8 Å². The number of hydrogen-bond acceptors (Lipinski definition) is 2. The molecule has 1 aromatic carbocycles. The average molecular weight is 256 g/mol. The molecule has 0 bridgehead atoms. The van der Waals surface area contributed by atoms with E-state index in [-0.39, 0.29) is 6.42 Å². The fourth-order valence-electron chi connectivity index (χ4n) is 1.96. The minimum Gasteiger partial charge on any atom is -0.274 e. The number of nitrogens with zero attached hydrogens (tertiary/aromatic N) is 1. The lowest BCUT2D eigenvalue weighted by Gasteiger charge is -2.18. The lowest BCUT2D eigenvalue weighted by Crippen LogP contribution is -2.31. The summed E-state index contributed by atoms with van der Waals surface area (Å²) < 4.78 is 12.6. The Labute approximate surface area is 103 Å². The maximum atomic E-state index is 12.6. The minimum absolute atomic E-state index is 0.0833. The molecule has 3 nitrogen and oxygen atoms in total. The summed E-state index contributed by atoms with van der Waals surface area (Å²) in [7, 11) is 0. The van der Waals surface area contributed by atoms with Gasteiger partial charge in [0.1, 0.15) is 6.67 Å². The van der Waals surface area contributed by atoms with E-state index in [1.165, 1.54) is 0 Å². The normalized spacial score (nSPS) is 20.2. The van der Waals surface area contributed by atoms with Crippen molar-refractivity contribution in [3.8, 4) is 0 Å². The van der Waals surface area contributed by atoms with Gasteiger partial charge in [-0.2, -0.15) is 0 Å². The topological polar surface area (TPSA) is 37.4 Å². The summed E-state index contributed by atoms with van der Waals surface area (Å²) in [4.78, 5) is 24.6. The maximum absolute atomic E-state index is 12.6. The van der Waals surface area contributed by atoms with Crippen molar-refractivity contribution in [1.29, 1.82) is 0 Å². The first kappa shape index (κ1) is 12.0. The van der Waals surface area contributed by atoms with Crippen LogP contribution in [0.1, 0.15) is 12.0 Å². The Balaban J connectivity index is 2.47. The van der Waals surface area contributed by atoms with Crippen molar-refractivity contribution in [3.63, 3.8) is 0 Å². The van der Waals surface area contributed by atoms with Crippen LogP contribution in [0.25, 0.3) is 0 Å². The number of rotatable bonds is 2. The molecule has 1 unspecified atom stereocenters. The summed E-state index contributed by atoms with van der Waals surface area (Å²) in [6.45, 7) is 0.940. The Morgan fingerprint density at radius 1 is 1.47 bits per heavy atom. The number of aryl methyl sites for hydroxylation is 1. The maximum Gasteiger partial charge on any atom is 0.240 e. The van der Waals surface area contributed by atoms with Crippen molar-refractivity contribution >= 4 is 29.1 Å². The molecular weight excluding hydrogens is 245 g/mol. The van der Waals surface area contributed by atoms with Crippen LogP contribution in [-0.4, -0.2) is 18.5 Å². The van der Waals surface area contributed by atoms with Gasteiger partial charge in [0.15, 0.2) is 0 Å². The van der Waals surface area contributed by atoms with Gasteiger partial charge in [-0.15, -0.1) is 0 Å². The van der Waals surface area contributed by atoms with Crippen LogP contribution in [0.5, 0.6) is 0 Å². The number of carbonyl (C=O) groups excluding carboxylic acids is 2. The predicted molar refractivity (Wildman–Crippen MR) is 62.8 cm³/mol. The third kappa shape index (κ3) is 1.93. The quantitative estimate of drug-likeness (QED) is 0.762. The second kappa shape index (κ2) is 4.45. The van der Waals surface area contributed by atoms with Crippen molar-refractivity contribution in [3.05, 3.63) is 28.8 Å². The zero-order chi connectivity index (χ0) is 12.6. The van der Waals surface area contributed by atoms with E-state index in [1.807, 2.05) is 0 Å². The molecule has 0 aromatic heterocycles. The van der Waals surface area contributed by atoms with Crippen molar-refractivity contribution in [1.82, 2.24) is 0 Å². The van der Waals surface area contributed by atoms with Crippen LogP contribution in [0.3, 0.4) is 0 Å². The predicted octanol–water partition coefficient (Wildman–Crippen LogP) is 2.50. The molecule has 1 saturated heterocycles. The van der Waals surface area contributed by atoms with Gasteiger partial charge in [0.2, 0.25) is 11.8 Å². The number of amides is 2. The van der Waals surface area contributed by atoms with Gasteiger partial charge in [-0.25, -0.2) is 4.90 Å². The molecule has 0 saturated carbocycles. The molecule has 1 aliphatic heterocycles. The van der Waals surface area contributed by atoms with Crippen molar-refractivity contribution in [2.75, 3.05) is 11.6 Å². The van der Waals surface area contributed by atoms with Gasteiger partial charge in [-0.3, -0.25) is 14.0 Å². The highest BCUT2D eigenvalue weighted by atomic mass is 35.5. The Morgan fingerprint density at radius 3 is 2.71 bits per heavy atom. The van der Waals surface area contributed by atoms with Gasteiger partial charge in [-0.1, -0.05) is 23.7 Å². The second-order valence-electron chi connectivity index (χ2n) is 4.03. The van der Waals surface area contributed by atoms with Crippen LogP contribution < -0.4 is 4.90 Å². The Kier molecular flexibility index (Phi) is 3.15. The van der Waals surface area contributed by atoms with E-state index in [0.29, 0.717) is 10.7 Å². The standard InChI is InChI=1S/C12H11ClFNO2/c1-7-3-2-4-9(13)11(7)15-10(16)5-8(6-14)12(15)17/h2-4,8H,5-6H2,1H3. The van der Waals surface area contributed by atoms with Crippen LogP contribution in [0.4, 0.5) is 10.1 Å². The molecular formula is C12H11ClFNO2. The summed E-state index contributed by atoms with van der Waals surface area (Å²) in [5, 5.41) is 0.325. The van der Waals surface area contributed by atoms with E-state index in [2.05, 4.69) is 0 Å². The molecule has 5 heteroatoms. The van der Waals surface area contributed by atoms with Gasteiger partial charge in [0, 0.05) is 6.42 Å². The van der Waals surface area contributed by atoms with Crippen LogP contribution >= 0.6 is 11.6 Å². The number of benzene rings is 1. The van der Waals surface area contributed by atoms with Gasteiger partial charge < -0.3 is 0 Å². The molecule has 17 heavy (non-hydrogen) atoms. The molecule has 90 valence electrons. The Morgan fingerprint density at radius 2 is 2.18 bits per heavy atom. The number of imide groups is 1. The fourth-order valence-corrected chi connectivity index (χ4v) is 2.26. The summed E-state index contributed by atoms with van der Waals surface area (Å²) in [5.74, 6) is -1.76. The van der Waals surface area contributed by atoms with E-state index in [1.54, 1.807) is 25.1 Å².